The lowest BCUT2D eigenvalue weighted by Gasteiger charge is -2.30. The molecule has 3 nitrogen and oxygen atoms in total. The Morgan fingerprint density at radius 3 is 2.33 bits per heavy atom. The second kappa shape index (κ2) is 11.5. The van der Waals surface area contributed by atoms with Crippen LogP contribution >= 0.6 is 11.3 Å². The van der Waals surface area contributed by atoms with Gasteiger partial charge >= 0.3 is 0 Å². The molecular formula is C31H35FN2OS. The molecule has 188 valence electrons. The third kappa shape index (κ3) is 5.79. The SMILES string of the molecule is CCc1csc(C(=C2CCN(Cc3cccc(C(=O)N4CCCCC4)c3)CC2)c2ccc(F)cc2)c1. The van der Waals surface area contributed by atoms with E-state index in [0.717, 1.165) is 76.0 Å². The molecule has 0 radical (unpaired) electrons. The average molecular weight is 503 g/mol. The second-order valence-electron chi connectivity index (χ2n) is 9.99. The van der Waals surface area contributed by atoms with Crippen LogP contribution in [0.15, 0.2) is 65.6 Å². The first-order valence-electron chi connectivity index (χ1n) is 13.3. The van der Waals surface area contributed by atoms with Crippen LogP contribution in [0.2, 0.25) is 0 Å². The number of carbonyl (C=O) groups is 1. The van der Waals surface area contributed by atoms with E-state index in [4.69, 9.17) is 0 Å². The van der Waals surface area contributed by atoms with E-state index in [1.165, 1.54) is 33.6 Å². The molecule has 5 rings (SSSR count). The summed E-state index contributed by atoms with van der Waals surface area (Å²) in [5.74, 6) is -0.0221. The molecule has 36 heavy (non-hydrogen) atoms. The van der Waals surface area contributed by atoms with Crippen molar-refractivity contribution in [3.05, 3.63) is 98.5 Å². The van der Waals surface area contributed by atoms with Gasteiger partial charge in [0.1, 0.15) is 5.82 Å². The minimum absolute atomic E-state index is 0.173. The maximum Gasteiger partial charge on any atom is 0.253 e. The minimum atomic E-state index is -0.195. The fraction of sp³-hybridized carbons (Fsp3) is 0.387. The standard InChI is InChI=1S/C31H35FN2OS/c1-2-23-20-29(36-22-23)30(25-9-11-28(32)12-10-25)26-13-17-33(18-14-26)21-24-7-6-8-27(19-24)31(35)34-15-4-3-5-16-34/h6-12,19-20,22H,2-5,13-18,21H2,1H3. The fourth-order valence-corrected chi connectivity index (χ4v) is 6.51. The van der Waals surface area contributed by atoms with Gasteiger partial charge in [0.15, 0.2) is 0 Å². The van der Waals surface area contributed by atoms with E-state index in [1.807, 2.05) is 29.2 Å². The molecule has 2 aliphatic heterocycles. The van der Waals surface area contributed by atoms with Gasteiger partial charge in [0.2, 0.25) is 0 Å². The van der Waals surface area contributed by atoms with E-state index in [1.54, 1.807) is 23.5 Å². The topological polar surface area (TPSA) is 23.6 Å². The van der Waals surface area contributed by atoms with Gasteiger partial charge in [-0.15, -0.1) is 11.3 Å². The first-order valence-corrected chi connectivity index (χ1v) is 14.1. The van der Waals surface area contributed by atoms with Gasteiger partial charge in [0.05, 0.1) is 0 Å². The summed E-state index contributed by atoms with van der Waals surface area (Å²) in [6, 6.07) is 17.5. The number of likely N-dealkylation sites (tertiary alicyclic amines) is 2. The highest BCUT2D eigenvalue weighted by Gasteiger charge is 2.22. The lowest BCUT2D eigenvalue weighted by atomic mass is 9.91. The van der Waals surface area contributed by atoms with Gasteiger partial charge in [-0.25, -0.2) is 4.39 Å². The molecule has 0 aliphatic carbocycles. The molecule has 3 aromatic rings. The number of carbonyl (C=O) groups excluding carboxylic acids is 1. The summed E-state index contributed by atoms with van der Waals surface area (Å²) in [5.41, 5.74) is 7.22. The number of hydrogen-bond acceptors (Lipinski definition) is 3. The summed E-state index contributed by atoms with van der Waals surface area (Å²) in [6.45, 7) is 6.77. The van der Waals surface area contributed by atoms with Crippen LogP contribution in [0, 0.1) is 5.82 Å². The van der Waals surface area contributed by atoms with Crippen LogP contribution in [-0.4, -0.2) is 41.9 Å². The molecule has 0 atom stereocenters. The van der Waals surface area contributed by atoms with Crippen LogP contribution in [0.4, 0.5) is 4.39 Å². The molecule has 1 aromatic heterocycles. The van der Waals surface area contributed by atoms with Gasteiger partial charge in [0, 0.05) is 43.2 Å². The molecule has 2 saturated heterocycles. The summed E-state index contributed by atoms with van der Waals surface area (Å²) in [7, 11) is 0. The summed E-state index contributed by atoms with van der Waals surface area (Å²) in [6.07, 6.45) is 6.47. The molecule has 1 amide bonds. The van der Waals surface area contributed by atoms with Crippen molar-refractivity contribution in [2.45, 2.75) is 52.0 Å². The Balaban J connectivity index is 1.30. The van der Waals surface area contributed by atoms with Crippen LogP contribution in [-0.2, 0) is 13.0 Å². The summed E-state index contributed by atoms with van der Waals surface area (Å²) in [5, 5.41) is 2.24. The predicted molar refractivity (Wildman–Crippen MR) is 147 cm³/mol. The molecule has 2 fully saturated rings. The van der Waals surface area contributed by atoms with Gasteiger partial charge in [-0.1, -0.05) is 36.8 Å². The highest BCUT2D eigenvalue weighted by atomic mass is 32.1. The number of benzene rings is 2. The third-order valence-electron chi connectivity index (χ3n) is 7.48. The molecule has 2 aliphatic rings. The molecule has 0 saturated carbocycles. The van der Waals surface area contributed by atoms with Crippen molar-refractivity contribution < 1.29 is 9.18 Å². The Hall–Kier alpha value is -2.76. The number of thiophene rings is 1. The highest BCUT2D eigenvalue weighted by Crippen LogP contribution is 2.36. The summed E-state index contributed by atoms with van der Waals surface area (Å²) < 4.78 is 13.7. The monoisotopic (exact) mass is 502 g/mol. The van der Waals surface area contributed by atoms with Gasteiger partial charge < -0.3 is 4.90 Å². The van der Waals surface area contributed by atoms with Crippen molar-refractivity contribution in [1.82, 2.24) is 9.80 Å². The number of nitrogens with zero attached hydrogens (tertiary/aromatic N) is 2. The molecule has 2 aromatic carbocycles. The molecule has 0 N–H and O–H groups in total. The van der Waals surface area contributed by atoms with Crippen molar-refractivity contribution in [3.8, 4) is 0 Å². The van der Waals surface area contributed by atoms with Crippen molar-refractivity contribution in [3.63, 3.8) is 0 Å². The Bertz CT molecular complexity index is 1210. The van der Waals surface area contributed by atoms with E-state index < -0.39 is 0 Å². The number of hydrogen-bond donors (Lipinski definition) is 0. The van der Waals surface area contributed by atoms with Gasteiger partial charge in [-0.05, 0) is 96.5 Å². The van der Waals surface area contributed by atoms with Crippen LogP contribution in [0.5, 0.6) is 0 Å². The average Bonchev–Trinajstić information content (AvgIpc) is 3.40. The normalized spacial score (nSPS) is 16.8. The zero-order valence-corrected chi connectivity index (χ0v) is 22.0. The molecule has 0 unspecified atom stereocenters. The molecule has 0 spiro atoms. The van der Waals surface area contributed by atoms with E-state index in [9.17, 15) is 9.18 Å². The van der Waals surface area contributed by atoms with Crippen LogP contribution in [0.3, 0.4) is 0 Å². The maximum atomic E-state index is 13.7. The van der Waals surface area contributed by atoms with E-state index in [-0.39, 0.29) is 11.7 Å². The van der Waals surface area contributed by atoms with Gasteiger partial charge in [0.25, 0.3) is 5.91 Å². The Morgan fingerprint density at radius 2 is 1.64 bits per heavy atom. The van der Waals surface area contributed by atoms with Crippen LogP contribution in [0.1, 0.15) is 71.0 Å². The Kier molecular flexibility index (Phi) is 7.98. The van der Waals surface area contributed by atoms with Crippen LogP contribution in [0.25, 0.3) is 5.57 Å². The lowest BCUT2D eigenvalue weighted by Crippen LogP contribution is -2.35. The fourth-order valence-electron chi connectivity index (χ4n) is 5.40. The zero-order valence-electron chi connectivity index (χ0n) is 21.1. The maximum absolute atomic E-state index is 13.7. The minimum Gasteiger partial charge on any atom is -0.339 e. The first kappa shape index (κ1) is 24.9. The first-order chi connectivity index (χ1) is 17.6. The number of piperidine rings is 2. The Labute approximate surface area is 218 Å². The summed E-state index contributed by atoms with van der Waals surface area (Å²) >= 11 is 1.79. The summed E-state index contributed by atoms with van der Waals surface area (Å²) in [4.78, 5) is 18.7. The van der Waals surface area contributed by atoms with Crippen molar-refractivity contribution in [2.75, 3.05) is 26.2 Å². The van der Waals surface area contributed by atoms with E-state index in [2.05, 4.69) is 35.4 Å². The van der Waals surface area contributed by atoms with Gasteiger partial charge in [-0.3, -0.25) is 9.69 Å². The van der Waals surface area contributed by atoms with Gasteiger partial charge in [-0.2, -0.15) is 0 Å². The largest absolute Gasteiger partial charge is 0.339 e. The molecular weight excluding hydrogens is 467 g/mol. The number of rotatable bonds is 6. The van der Waals surface area contributed by atoms with Crippen molar-refractivity contribution >= 4 is 22.8 Å². The van der Waals surface area contributed by atoms with Crippen LogP contribution < -0.4 is 0 Å². The van der Waals surface area contributed by atoms with E-state index >= 15 is 0 Å². The number of amides is 1. The van der Waals surface area contributed by atoms with E-state index in [0.29, 0.717) is 0 Å². The number of aryl methyl sites for hydroxylation is 1. The Morgan fingerprint density at radius 1 is 0.889 bits per heavy atom. The van der Waals surface area contributed by atoms with Crippen molar-refractivity contribution in [2.24, 2.45) is 0 Å². The smallest absolute Gasteiger partial charge is 0.253 e. The molecule has 3 heterocycles. The third-order valence-corrected chi connectivity index (χ3v) is 8.47. The lowest BCUT2D eigenvalue weighted by molar-refractivity contribution is 0.0724. The molecule has 0 bridgehead atoms. The molecule has 5 heteroatoms. The second-order valence-corrected chi connectivity index (χ2v) is 10.9. The number of halogens is 1. The highest BCUT2D eigenvalue weighted by molar-refractivity contribution is 7.11. The quantitative estimate of drug-likeness (QED) is 0.357. The predicted octanol–water partition coefficient (Wildman–Crippen LogP) is 7.17. The van der Waals surface area contributed by atoms with Crippen molar-refractivity contribution in [1.29, 1.82) is 0 Å². The zero-order chi connectivity index (χ0) is 24.9.